The van der Waals surface area contributed by atoms with Crippen LogP contribution in [0.5, 0.6) is 11.5 Å². The number of fused-ring (bicyclic) bond motifs is 1. The minimum absolute atomic E-state index is 0.0000426. The van der Waals surface area contributed by atoms with E-state index in [0.717, 1.165) is 25.9 Å². The fraction of sp³-hybridized carbons (Fsp3) is 0.500. The summed E-state index contributed by atoms with van der Waals surface area (Å²) in [7, 11) is 3.11. The van der Waals surface area contributed by atoms with Crippen LogP contribution >= 0.6 is 0 Å². The number of aromatic nitrogens is 2. The van der Waals surface area contributed by atoms with Gasteiger partial charge in [-0.2, -0.15) is 0 Å². The number of ether oxygens (including phenoxy) is 2. The summed E-state index contributed by atoms with van der Waals surface area (Å²) in [5.41, 5.74) is 1.19. The zero-order valence-electron chi connectivity index (χ0n) is 15.5. The average Bonchev–Trinajstić information content (AvgIpc) is 2.67. The molecule has 0 aliphatic carbocycles. The van der Waals surface area contributed by atoms with Crippen LogP contribution in [0.3, 0.4) is 0 Å². The number of amides is 1. The monoisotopic (exact) mass is 376 g/mol. The lowest BCUT2D eigenvalue weighted by molar-refractivity contribution is 0.166. The lowest BCUT2D eigenvalue weighted by Crippen LogP contribution is -2.45. The minimum atomic E-state index is -0.979. The maximum atomic E-state index is 12.4. The van der Waals surface area contributed by atoms with E-state index in [9.17, 15) is 9.59 Å². The molecule has 9 heteroatoms. The van der Waals surface area contributed by atoms with E-state index >= 15 is 0 Å². The molecule has 0 atom stereocenters. The molecule has 0 spiro atoms. The zero-order chi connectivity index (χ0) is 19.4. The molecule has 146 valence electrons. The van der Waals surface area contributed by atoms with E-state index < -0.39 is 6.09 Å². The molecule has 0 saturated carbocycles. The van der Waals surface area contributed by atoms with Crippen LogP contribution in [0, 0.1) is 0 Å². The number of benzene rings is 1. The van der Waals surface area contributed by atoms with Crippen LogP contribution in [0.15, 0.2) is 23.1 Å². The van der Waals surface area contributed by atoms with Crippen molar-refractivity contribution >= 4 is 17.1 Å². The number of nitrogens with zero attached hydrogens (tertiary/aromatic N) is 3. The number of methoxy groups -OCH3 is 2. The van der Waals surface area contributed by atoms with Crippen molar-refractivity contribution in [3.8, 4) is 11.5 Å². The summed E-state index contributed by atoms with van der Waals surface area (Å²) in [6, 6.07) is 3.53. The van der Waals surface area contributed by atoms with Gasteiger partial charge in [0.1, 0.15) is 0 Å². The third kappa shape index (κ3) is 4.30. The van der Waals surface area contributed by atoms with Crippen LogP contribution in [0.2, 0.25) is 0 Å². The molecule has 0 unspecified atom stereocenters. The lowest BCUT2D eigenvalue weighted by atomic mass is 10.1. The van der Waals surface area contributed by atoms with Gasteiger partial charge in [0, 0.05) is 44.4 Å². The molecule has 9 nitrogen and oxygen atoms in total. The Morgan fingerprint density at radius 1 is 1.22 bits per heavy atom. The molecule has 2 aromatic rings. The van der Waals surface area contributed by atoms with Gasteiger partial charge in [0.25, 0.3) is 5.56 Å². The lowest BCUT2D eigenvalue weighted by Gasteiger charge is -2.31. The fourth-order valence-electron chi connectivity index (χ4n) is 3.44. The summed E-state index contributed by atoms with van der Waals surface area (Å²) >= 11 is 0. The quantitative estimate of drug-likeness (QED) is 0.779. The summed E-state index contributed by atoms with van der Waals surface area (Å²) in [6.45, 7) is 2.80. The van der Waals surface area contributed by atoms with Crippen LogP contribution in [0.1, 0.15) is 12.8 Å². The maximum absolute atomic E-state index is 12.4. The Balaban J connectivity index is 1.74. The number of carboxylic acid groups (broad SMARTS) is 1. The Bertz CT molecular complexity index is 874. The number of hydrogen-bond donors (Lipinski definition) is 2. The molecule has 2 heterocycles. The van der Waals surface area contributed by atoms with Crippen molar-refractivity contribution in [2.24, 2.45) is 0 Å². The van der Waals surface area contributed by atoms with Gasteiger partial charge >= 0.3 is 6.09 Å². The van der Waals surface area contributed by atoms with E-state index in [0.29, 0.717) is 35.6 Å². The first-order chi connectivity index (χ1) is 13.0. The summed E-state index contributed by atoms with van der Waals surface area (Å²) in [4.78, 5) is 29.5. The third-order valence-corrected chi connectivity index (χ3v) is 4.91. The fourth-order valence-corrected chi connectivity index (χ4v) is 3.44. The van der Waals surface area contributed by atoms with E-state index in [4.69, 9.17) is 14.6 Å². The second-order valence-corrected chi connectivity index (χ2v) is 6.51. The summed E-state index contributed by atoms with van der Waals surface area (Å²) in [5.74, 6) is 1.11. The molecular formula is C18H24N4O5. The van der Waals surface area contributed by atoms with E-state index in [2.05, 4.69) is 15.2 Å². The summed E-state index contributed by atoms with van der Waals surface area (Å²) < 4.78 is 12.3. The molecule has 0 bridgehead atoms. The Kier molecular flexibility index (Phi) is 5.80. The van der Waals surface area contributed by atoms with Gasteiger partial charge in [-0.1, -0.05) is 0 Å². The number of likely N-dealkylation sites (tertiary alicyclic amines) is 1. The Hall–Kier alpha value is -2.81. The predicted molar refractivity (Wildman–Crippen MR) is 99.7 cm³/mol. The van der Waals surface area contributed by atoms with Crippen LogP contribution in [0.4, 0.5) is 4.79 Å². The molecule has 1 aliphatic rings. The molecule has 2 N–H and O–H groups in total. The number of nitrogens with one attached hydrogen (secondary N) is 1. The molecule has 1 aromatic carbocycles. The second-order valence-electron chi connectivity index (χ2n) is 6.51. The number of carbonyl (C=O) groups is 1. The highest BCUT2D eigenvalue weighted by Gasteiger charge is 2.20. The molecule has 1 saturated heterocycles. The van der Waals surface area contributed by atoms with Crippen molar-refractivity contribution in [3.63, 3.8) is 0 Å². The summed E-state index contributed by atoms with van der Waals surface area (Å²) in [5, 5.41) is 11.3. The molecular weight excluding hydrogens is 352 g/mol. The average molecular weight is 376 g/mol. The van der Waals surface area contributed by atoms with Gasteiger partial charge in [-0.25, -0.2) is 9.78 Å². The van der Waals surface area contributed by atoms with Crippen molar-refractivity contribution in [2.75, 3.05) is 33.9 Å². The van der Waals surface area contributed by atoms with E-state index in [1.165, 1.54) is 6.20 Å². The van der Waals surface area contributed by atoms with Crippen LogP contribution in [0.25, 0.3) is 11.0 Å². The van der Waals surface area contributed by atoms with Crippen molar-refractivity contribution in [1.82, 2.24) is 19.8 Å². The molecule has 1 aromatic heterocycles. The minimum Gasteiger partial charge on any atom is -0.493 e. The number of rotatable bonds is 6. The first-order valence-electron chi connectivity index (χ1n) is 8.85. The van der Waals surface area contributed by atoms with Crippen molar-refractivity contribution in [1.29, 1.82) is 0 Å². The van der Waals surface area contributed by atoms with Crippen molar-refractivity contribution < 1.29 is 19.4 Å². The van der Waals surface area contributed by atoms with E-state index in [1.54, 1.807) is 30.9 Å². The van der Waals surface area contributed by atoms with Crippen molar-refractivity contribution in [3.05, 3.63) is 28.7 Å². The highest BCUT2D eigenvalue weighted by atomic mass is 16.5. The molecule has 1 fully saturated rings. The smallest absolute Gasteiger partial charge is 0.404 e. The van der Waals surface area contributed by atoms with E-state index in [-0.39, 0.29) is 11.6 Å². The van der Waals surface area contributed by atoms with Gasteiger partial charge in [-0.3, -0.25) is 4.79 Å². The first kappa shape index (κ1) is 19.0. The number of piperidine rings is 1. The van der Waals surface area contributed by atoms with E-state index in [1.807, 2.05) is 0 Å². The molecule has 27 heavy (non-hydrogen) atoms. The summed E-state index contributed by atoms with van der Waals surface area (Å²) in [6.07, 6.45) is 1.87. The van der Waals surface area contributed by atoms with Gasteiger partial charge in [0.2, 0.25) is 0 Å². The predicted octanol–water partition coefficient (Wildman–Crippen LogP) is 1.15. The second kappa shape index (κ2) is 8.26. The van der Waals surface area contributed by atoms with Gasteiger partial charge in [-0.15, -0.1) is 0 Å². The first-order valence-corrected chi connectivity index (χ1v) is 8.85. The van der Waals surface area contributed by atoms with Crippen molar-refractivity contribution in [2.45, 2.75) is 25.4 Å². The molecule has 1 aliphatic heterocycles. The third-order valence-electron chi connectivity index (χ3n) is 4.91. The number of hydrogen-bond acceptors (Lipinski definition) is 6. The Labute approximate surface area is 156 Å². The Morgan fingerprint density at radius 3 is 2.52 bits per heavy atom. The largest absolute Gasteiger partial charge is 0.493 e. The molecule has 3 rings (SSSR count). The van der Waals surface area contributed by atoms with Crippen LogP contribution in [-0.2, 0) is 6.54 Å². The van der Waals surface area contributed by atoms with Gasteiger partial charge in [0.15, 0.2) is 11.5 Å². The van der Waals surface area contributed by atoms with Gasteiger partial charge in [-0.05, 0) is 12.8 Å². The topological polar surface area (TPSA) is 106 Å². The highest BCUT2D eigenvalue weighted by Crippen LogP contribution is 2.30. The SMILES string of the molecule is COc1cc2ncc(=O)n(CCN3CCC(NC(=O)O)CC3)c2cc1OC. The maximum Gasteiger partial charge on any atom is 0.404 e. The van der Waals surface area contributed by atoms with Crippen LogP contribution in [-0.4, -0.2) is 65.5 Å². The standard InChI is InChI=1S/C18H24N4O5/c1-26-15-9-13-14(10-16(15)27-2)22(17(23)11-19-13)8-7-21-5-3-12(4-6-21)20-18(24)25/h9-12,20H,3-8H2,1-2H3,(H,24,25). The normalized spacial score (nSPS) is 15.6. The Morgan fingerprint density at radius 2 is 1.89 bits per heavy atom. The van der Waals surface area contributed by atoms with Gasteiger partial charge in [0.05, 0.1) is 31.4 Å². The van der Waals surface area contributed by atoms with Gasteiger partial charge < -0.3 is 29.4 Å². The molecule has 0 radical (unpaired) electrons. The van der Waals surface area contributed by atoms with Crippen LogP contribution < -0.4 is 20.3 Å². The zero-order valence-corrected chi connectivity index (χ0v) is 15.5. The highest BCUT2D eigenvalue weighted by molar-refractivity contribution is 5.79. The molecule has 1 amide bonds.